The lowest BCUT2D eigenvalue weighted by molar-refractivity contribution is -0.119. The first-order valence-corrected chi connectivity index (χ1v) is 10.5. The van der Waals surface area contributed by atoms with Gasteiger partial charge >= 0.3 is 0 Å². The number of benzene rings is 2. The van der Waals surface area contributed by atoms with Crippen molar-refractivity contribution in [3.63, 3.8) is 0 Å². The van der Waals surface area contributed by atoms with Crippen molar-refractivity contribution in [2.75, 3.05) is 17.7 Å². The Kier molecular flexibility index (Phi) is 5.16. The molecule has 1 heterocycles. The van der Waals surface area contributed by atoms with Gasteiger partial charge in [0.1, 0.15) is 0 Å². The highest BCUT2D eigenvalue weighted by Gasteiger charge is 2.32. The second-order valence-corrected chi connectivity index (χ2v) is 8.94. The smallest absolute Gasteiger partial charge is 0.242 e. The topological polar surface area (TPSA) is 57.7 Å². The van der Waals surface area contributed by atoms with Crippen LogP contribution in [0.25, 0.3) is 0 Å². The maximum Gasteiger partial charge on any atom is 0.242 e. The number of aryl methyl sites for hydroxylation is 1. The summed E-state index contributed by atoms with van der Waals surface area (Å²) in [6.07, 6.45) is 1.94. The average molecular weight is 372 g/mol. The summed E-state index contributed by atoms with van der Waals surface area (Å²) >= 11 is 0. The molecule has 0 unspecified atom stereocenters. The molecule has 1 amide bonds. The van der Waals surface area contributed by atoms with Crippen LogP contribution in [0.15, 0.2) is 48.5 Å². The number of fused-ring (bicyclic) bond motifs is 1. The van der Waals surface area contributed by atoms with Crippen molar-refractivity contribution in [2.45, 2.75) is 32.9 Å². The second kappa shape index (κ2) is 7.21. The maximum atomic E-state index is 12.9. The van der Waals surface area contributed by atoms with Crippen molar-refractivity contribution in [1.82, 2.24) is 4.31 Å². The number of carbonyl (C=O) groups excluding carboxylic acids is 1. The Morgan fingerprint density at radius 2 is 1.81 bits per heavy atom. The molecule has 1 atom stereocenters. The van der Waals surface area contributed by atoms with Crippen molar-refractivity contribution >= 4 is 21.6 Å². The summed E-state index contributed by atoms with van der Waals surface area (Å²) < 4.78 is 25.7. The van der Waals surface area contributed by atoms with Crippen LogP contribution in [0.1, 0.15) is 23.6 Å². The lowest BCUT2D eigenvalue weighted by atomic mass is 10.1. The first-order valence-electron chi connectivity index (χ1n) is 8.66. The fourth-order valence-electron chi connectivity index (χ4n) is 3.36. The van der Waals surface area contributed by atoms with Gasteiger partial charge in [0.2, 0.25) is 15.9 Å². The third kappa shape index (κ3) is 3.97. The normalized spacial score (nSPS) is 16.8. The van der Waals surface area contributed by atoms with E-state index in [1.54, 1.807) is 4.90 Å². The highest BCUT2D eigenvalue weighted by molar-refractivity contribution is 7.88. The van der Waals surface area contributed by atoms with Crippen LogP contribution in [-0.4, -0.2) is 37.5 Å². The molecule has 26 heavy (non-hydrogen) atoms. The van der Waals surface area contributed by atoms with Gasteiger partial charge in [-0.2, -0.15) is 4.31 Å². The van der Waals surface area contributed by atoms with Gasteiger partial charge in [0.15, 0.2) is 0 Å². The molecule has 1 aliphatic heterocycles. The SMILES string of the molecule is Cc1ccc(CN(CC(=O)N2c3ccccc3C[C@@H]2C)S(C)(=O)=O)cc1. The summed E-state index contributed by atoms with van der Waals surface area (Å²) in [6, 6.07) is 15.5. The summed E-state index contributed by atoms with van der Waals surface area (Å²) in [5, 5.41) is 0. The number of rotatable bonds is 5. The van der Waals surface area contributed by atoms with E-state index >= 15 is 0 Å². The van der Waals surface area contributed by atoms with Crippen LogP contribution in [0.4, 0.5) is 5.69 Å². The molecule has 0 bridgehead atoms. The predicted octanol–water partition coefficient (Wildman–Crippen LogP) is 2.73. The molecular weight excluding hydrogens is 348 g/mol. The Bertz CT molecular complexity index is 907. The van der Waals surface area contributed by atoms with E-state index in [1.807, 2.05) is 62.4 Å². The number of anilines is 1. The van der Waals surface area contributed by atoms with E-state index < -0.39 is 10.0 Å². The van der Waals surface area contributed by atoms with E-state index in [2.05, 4.69) is 0 Å². The number of hydrogen-bond donors (Lipinski definition) is 0. The van der Waals surface area contributed by atoms with Gasteiger partial charge in [-0.05, 0) is 37.5 Å². The van der Waals surface area contributed by atoms with Gasteiger partial charge in [0, 0.05) is 18.3 Å². The lowest BCUT2D eigenvalue weighted by Gasteiger charge is -2.26. The van der Waals surface area contributed by atoms with Crippen LogP contribution < -0.4 is 4.90 Å². The van der Waals surface area contributed by atoms with Crippen molar-refractivity contribution in [3.8, 4) is 0 Å². The number of carbonyl (C=O) groups is 1. The Balaban J connectivity index is 1.81. The van der Waals surface area contributed by atoms with Crippen molar-refractivity contribution in [2.24, 2.45) is 0 Å². The summed E-state index contributed by atoms with van der Waals surface area (Å²) in [4.78, 5) is 14.7. The predicted molar refractivity (Wildman–Crippen MR) is 104 cm³/mol. The van der Waals surface area contributed by atoms with E-state index in [1.165, 1.54) is 4.31 Å². The molecule has 138 valence electrons. The molecule has 0 aromatic heterocycles. The molecule has 2 aromatic rings. The number of hydrogen-bond acceptors (Lipinski definition) is 3. The lowest BCUT2D eigenvalue weighted by Crippen LogP contribution is -2.44. The van der Waals surface area contributed by atoms with Gasteiger partial charge in [-0.15, -0.1) is 0 Å². The molecule has 0 saturated carbocycles. The first kappa shape index (κ1) is 18.6. The van der Waals surface area contributed by atoms with E-state index in [-0.39, 0.29) is 25.0 Å². The largest absolute Gasteiger partial charge is 0.308 e. The molecule has 0 aliphatic carbocycles. The zero-order valence-corrected chi connectivity index (χ0v) is 16.2. The summed E-state index contributed by atoms with van der Waals surface area (Å²) in [7, 11) is -3.51. The third-order valence-corrected chi connectivity index (χ3v) is 5.93. The van der Waals surface area contributed by atoms with Gasteiger partial charge in [-0.1, -0.05) is 48.0 Å². The van der Waals surface area contributed by atoms with Gasteiger partial charge in [-0.3, -0.25) is 4.79 Å². The highest BCUT2D eigenvalue weighted by Crippen LogP contribution is 2.32. The Hall–Kier alpha value is -2.18. The molecule has 6 heteroatoms. The molecule has 0 radical (unpaired) electrons. The maximum absolute atomic E-state index is 12.9. The minimum absolute atomic E-state index is 0.0284. The van der Waals surface area contributed by atoms with Crippen LogP contribution in [0.5, 0.6) is 0 Å². The molecule has 1 aliphatic rings. The summed E-state index contributed by atoms with van der Waals surface area (Å²) in [5.74, 6) is -0.194. The fraction of sp³-hybridized carbons (Fsp3) is 0.350. The van der Waals surface area contributed by atoms with Gasteiger partial charge in [0.05, 0.1) is 12.8 Å². The zero-order chi connectivity index (χ0) is 18.9. The first-order chi connectivity index (χ1) is 12.3. The summed E-state index contributed by atoms with van der Waals surface area (Å²) in [5.41, 5.74) is 3.98. The van der Waals surface area contributed by atoms with E-state index in [0.29, 0.717) is 0 Å². The van der Waals surface area contributed by atoms with Crippen molar-refractivity contribution in [3.05, 3.63) is 65.2 Å². The zero-order valence-electron chi connectivity index (χ0n) is 15.3. The molecular formula is C20H24N2O3S. The van der Waals surface area contributed by atoms with E-state index in [9.17, 15) is 13.2 Å². The van der Waals surface area contributed by atoms with Crippen LogP contribution >= 0.6 is 0 Å². The monoisotopic (exact) mass is 372 g/mol. The molecule has 3 rings (SSSR count). The van der Waals surface area contributed by atoms with Crippen molar-refractivity contribution < 1.29 is 13.2 Å². The number of sulfonamides is 1. The van der Waals surface area contributed by atoms with Crippen LogP contribution in [0.2, 0.25) is 0 Å². The molecule has 0 saturated heterocycles. The third-order valence-electron chi connectivity index (χ3n) is 4.74. The number of para-hydroxylation sites is 1. The van der Waals surface area contributed by atoms with Crippen LogP contribution in [0, 0.1) is 6.92 Å². The quantitative estimate of drug-likeness (QED) is 0.811. The summed E-state index contributed by atoms with van der Waals surface area (Å²) in [6.45, 7) is 4.00. The average Bonchev–Trinajstić information content (AvgIpc) is 2.91. The number of amides is 1. The Morgan fingerprint density at radius 3 is 2.46 bits per heavy atom. The van der Waals surface area contributed by atoms with E-state index in [4.69, 9.17) is 0 Å². The Labute approximate surface area is 155 Å². The molecule has 0 N–H and O–H groups in total. The van der Waals surface area contributed by atoms with Crippen LogP contribution in [0.3, 0.4) is 0 Å². The minimum atomic E-state index is -3.51. The van der Waals surface area contributed by atoms with Gasteiger partial charge in [-0.25, -0.2) is 8.42 Å². The van der Waals surface area contributed by atoms with Gasteiger partial charge in [0.25, 0.3) is 0 Å². The molecule has 5 nitrogen and oxygen atoms in total. The van der Waals surface area contributed by atoms with Crippen molar-refractivity contribution in [1.29, 1.82) is 0 Å². The standard InChI is InChI=1S/C20H24N2O3S/c1-15-8-10-17(11-9-15)13-21(26(3,24)25)14-20(23)22-16(2)12-18-6-4-5-7-19(18)22/h4-11,16H,12-14H2,1-3H3/t16-/m0/s1. The highest BCUT2D eigenvalue weighted by atomic mass is 32.2. The molecule has 0 fully saturated rings. The van der Waals surface area contributed by atoms with E-state index in [0.717, 1.165) is 35.1 Å². The fourth-order valence-corrected chi connectivity index (χ4v) is 4.09. The number of nitrogens with zero attached hydrogens (tertiary/aromatic N) is 2. The van der Waals surface area contributed by atoms with Crippen LogP contribution in [-0.2, 0) is 27.8 Å². The minimum Gasteiger partial charge on any atom is -0.308 e. The molecule has 0 spiro atoms. The van der Waals surface area contributed by atoms with Gasteiger partial charge < -0.3 is 4.90 Å². The second-order valence-electron chi connectivity index (χ2n) is 6.96. The molecule has 2 aromatic carbocycles. The Morgan fingerprint density at radius 1 is 1.15 bits per heavy atom.